The smallest absolute Gasteiger partial charge is 0.309 e. The van der Waals surface area contributed by atoms with E-state index in [1.54, 1.807) is 12.1 Å². The van der Waals surface area contributed by atoms with E-state index in [9.17, 15) is 4.79 Å². The Morgan fingerprint density at radius 3 is 2.85 bits per heavy atom. The van der Waals surface area contributed by atoms with Crippen LogP contribution in [-0.2, 0) is 16.0 Å². The summed E-state index contributed by atoms with van der Waals surface area (Å²) in [5.74, 6) is 0.236. The SMILES string of the molecule is COC(=O)Cc1cccc(Nc2ccc(C#N)nn2)c1. The van der Waals surface area contributed by atoms with Crippen molar-refractivity contribution in [2.45, 2.75) is 6.42 Å². The molecule has 0 aliphatic carbocycles. The van der Waals surface area contributed by atoms with Gasteiger partial charge in [-0.3, -0.25) is 4.79 Å². The van der Waals surface area contributed by atoms with Crippen LogP contribution in [0, 0.1) is 11.3 Å². The lowest BCUT2D eigenvalue weighted by molar-refractivity contribution is -0.139. The fraction of sp³-hybridized carbons (Fsp3) is 0.143. The molecule has 0 atom stereocenters. The summed E-state index contributed by atoms with van der Waals surface area (Å²) in [7, 11) is 1.36. The number of carbonyl (C=O) groups is 1. The monoisotopic (exact) mass is 268 g/mol. The molecule has 6 nitrogen and oxygen atoms in total. The van der Waals surface area contributed by atoms with Gasteiger partial charge in [-0.15, -0.1) is 10.2 Å². The van der Waals surface area contributed by atoms with Crippen molar-refractivity contribution in [2.75, 3.05) is 12.4 Å². The van der Waals surface area contributed by atoms with Crippen molar-refractivity contribution in [3.8, 4) is 6.07 Å². The van der Waals surface area contributed by atoms with Crippen molar-refractivity contribution in [1.82, 2.24) is 10.2 Å². The molecule has 0 saturated carbocycles. The highest BCUT2D eigenvalue weighted by molar-refractivity contribution is 5.73. The minimum atomic E-state index is -0.291. The number of methoxy groups -OCH3 is 1. The van der Waals surface area contributed by atoms with E-state index in [1.807, 2.05) is 30.3 Å². The van der Waals surface area contributed by atoms with Crippen LogP contribution in [0.3, 0.4) is 0 Å². The number of hydrogen-bond acceptors (Lipinski definition) is 6. The van der Waals surface area contributed by atoms with Gasteiger partial charge >= 0.3 is 5.97 Å². The molecule has 1 heterocycles. The van der Waals surface area contributed by atoms with E-state index in [0.29, 0.717) is 5.82 Å². The quantitative estimate of drug-likeness (QED) is 0.851. The standard InChI is InChI=1S/C14H12N4O2/c1-20-14(19)8-10-3-2-4-11(7-10)16-13-6-5-12(9-15)17-18-13/h2-7H,8H2,1H3,(H,16,18). The summed E-state index contributed by atoms with van der Waals surface area (Å²) in [5, 5.41) is 19.3. The molecule has 1 aromatic heterocycles. The number of aromatic nitrogens is 2. The number of nitriles is 1. The minimum Gasteiger partial charge on any atom is -0.469 e. The van der Waals surface area contributed by atoms with Crippen LogP contribution in [0.15, 0.2) is 36.4 Å². The highest BCUT2D eigenvalue weighted by Crippen LogP contribution is 2.16. The van der Waals surface area contributed by atoms with Gasteiger partial charge in [-0.05, 0) is 29.8 Å². The first-order chi connectivity index (χ1) is 9.71. The van der Waals surface area contributed by atoms with Crippen molar-refractivity contribution >= 4 is 17.5 Å². The topological polar surface area (TPSA) is 87.9 Å². The molecule has 0 spiro atoms. The van der Waals surface area contributed by atoms with E-state index in [-0.39, 0.29) is 18.1 Å². The number of esters is 1. The Balaban J connectivity index is 2.11. The van der Waals surface area contributed by atoms with Gasteiger partial charge in [-0.1, -0.05) is 12.1 Å². The molecule has 1 N–H and O–H groups in total. The molecule has 0 radical (unpaired) electrons. The summed E-state index contributed by atoms with van der Waals surface area (Å²) >= 11 is 0. The van der Waals surface area contributed by atoms with Gasteiger partial charge in [0, 0.05) is 5.69 Å². The van der Waals surface area contributed by atoms with Crippen molar-refractivity contribution in [1.29, 1.82) is 5.26 Å². The second-order valence-electron chi connectivity index (χ2n) is 3.99. The van der Waals surface area contributed by atoms with Crippen molar-refractivity contribution in [2.24, 2.45) is 0 Å². The second kappa shape index (κ2) is 6.29. The van der Waals surface area contributed by atoms with Gasteiger partial charge in [0.15, 0.2) is 11.5 Å². The zero-order valence-corrected chi connectivity index (χ0v) is 10.8. The molecule has 0 amide bonds. The maximum absolute atomic E-state index is 11.2. The van der Waals surface area contributed by atoms with Crippen LogP contribution in [0.4, 0.5) is 11.5 Å². The largest absolute Gasteiger partial charge is 0.469 e. The summed E-state index contributed by atoms with van der Waals surface area (Å²) in [5.41, 5.74) is 1.88. The Hall–Kier alpha value is -2.94. The number of nitrogens with one attached hydrogen (secondary N) is 1. The third-order valence-electron chi connectivity index (χ3n) is 2.55. The number of carbonyl (C=O) groups excluding carboxylic acids is 1. The molecule has 2 aromatic rings. The third kappa shape index (κ3) is 3.53. The van der Waals surface area contributed by atoms with Crippen molar-refractivity contribution in [3.63, 3.8) is 0 Å². The van der Waals surface area contributed by atoms with Gasteiger partial charge < -0.3 is 10.1 Å². The van der Waals surface area contributed by atoms with E-state index in [0.717, 1.165) is 11.3 Å². The molecule has 0 saturated heterocycles. The van der Waals surface area contributed by atoms with Gasteiger partial charge in [-0.2, -0.15) is 5.26 Å². The average molecular weight is 268 g/mol. The molecular formula is C14H12N4O2. The van der Waals surface area contributed by atoms with Crippen LogP contribution in [0.2, 0.25) is 0 Å². The Morgan fingerprint density at radius 2 is 2.20 bits per heavy atom. The second-order valence-corrected chi connectivity index (χ2v) is 3.99. The normalized spacial score (nSPS) is 9.60. The summed E-state index contributed by atoms with van der Waals surface area (Å²) < 4.78 is 4.63. The van der Waals surface area contributed by atoms with Gasteiger partial charge in [0.05, 0.1) is 13.5 Å². The lowest BCUT2D eigenvalue weighted by atomic mass is 10.1. The molecule has 6 heteroatoms. The number of nitrogens with zero attached hydrogens (tertiary/aromatic N) is 3. The molecule has 0 aliphatic rings. The summed E-state index contributed by atoms with van der Waals surface area (Å²) in [6.45, 7) is 0. The molecule has 0 unspecified atom stereocenters. The van der Waals surface area contributed by atoms with E-state index in [4.69, 9.17) is 5.26 Å². The number of benzene rings is 1. The van der Waals surface area contributed by atoms with E-state index in [1.165, 1.54) is 7.11 Å². The fourth-order valence-corrected chi connectivity index (χ4v) is 1.60. The van der Waals surface area contributed by atoms with E-state index < -0.39 is 0 Å². The zero-order chi connectivity index (χ0) is 14.4. The number of rotatable bonds is 4. The molecule has 1 aromatic carbocycles. The van der Waals surface area contributed by atoms with Crippen LogP contribution in [0.25, 0.3) is 0 Å². The number of anilines is 2. The van der Waals surface area contributed by atoms with Crippen LogP contribution in [-0.4, -0.2) is 23.3 Å². The van der Waals surface area contributed by atoms with Crippen LogP contribution in [0.5, 0.6) is 0 Å². The first-order valence-electron chi connectivity index (χ1n) is 5.88. The zero-order valence-electron chi connectivity index (χ0n) is 10.8. The molecule has 0 bridgehead atoms. The highest BCUT2D eigenvalue weighted by Gasteiger charge is 2.04. The first kappa shape index (κ1) is 13.5. The molecular weight excluding hydrogens is 256 g/mol. The molecule has 20 heavy (non-hydrogen) atoms. The minimum absolute atomic E-state index is 0.213. The van der Waals surface area contributed by atoms with E-state index >= 15 is 0 Å². The Labute approximate surface area is 116 Å². The van der Waals surface area contributed by atoms with Crippen molar-refractivity contribution < 1.29 is 9.53 Å². The van der Waals surface area contributed by atoms with Crippen molar-refractivity contribution in [3.05, 3.63) is 47.7 Å². The lowest BCUT2D eigenvalue weighted by Crippen LogP contribution is -2.04. The predicted octanol–water partition coefficient (Wildman–Crippen LogP) is 1.81. The third-order valence-corrected chi connectivity index (χ3v) is 2.55. The highest BCUT2D eigenvalue weighted by atomic mass is 16.5. The maximum atomic E-state index is 11.2. The van der Waals surface area contributed by atoms with Crippen LogP contribution in [0.1, 0.15) is 11.3 Å². The molecule has 0 fully saturated rings. The number of ether oxygens (including phenoxy) is 1. The fourth-order valence-electron chi connectivity index (χ4n) is 1.60. The van der Waals surface area contributed by atoms with Gasteiger partial charge in [0.25, 0.3) is 0 Å². The van der Waals surface area contributed by atoms with Crippen LogP contribution < -0.4 is 5.32 Å². The predicted molar refractivity (Wildman–Crippen MR) is 72.2 cm³/mol. The number of hydrogen-bond donors (Lipinski definition) is 1. The van der Waals surface area contributed by atoms with Gasteiger partial charge in [0.1, 0.15) is 6.07 Å². The first-order valence-corrected chi connectivity index (χ1v) is 5.88. The lowest BCUT2D eigenvalue weighted by Gasteiger charge is -2.06. The summed E-state index contributed by atoms with van der Waals surface area (Å²) in [6.07, 6.45) is 0.213. The Bertz CT molecular complexity index is 647. The van der Waals surface area contributed by atoms with E-state index in [2.05, 4.69) is 20.3 Å². The Kier molecular flexibility index (Phi) is 4.24. The summed E-state index contributed by atoms with van der Waals surface area (Å²) in [6, 6.07) is 12.5. The van der Waals surface area contributed by atoms with Gasteiger partial charge in [0.2, 0.25) is 0 Å². The van der Waals surface area contributed by atoms with Gasteiger partial charge in [-0.25, -0.2) is 0 Å². The molecule has 2 rings (SSSR count). The summed E-state index contributed by atoms with van der Waals surface area (Å²) in [4.78, 5) is 11.2. The van der Waals surface area contributed by atoms with Crippen LogP contribution >= 0.6 is 0 Å². The Morgan fingerprint density at radius 1 is 1.35 bits per heavy atom. The average Bonchev–Trinajstić information content (AvgIpc) is 2.48. The molecule has 100 valence electrons. The maximum Gasteiger partial charge on any atom is 0.309 e. The molecule has 0 aliphatic heterocycles.